The van der Waals surface area contributed by atoms with Gasteiger partial charge in [-0.1, -0.05) is 13.3 Å². The van der Waals surface area contributed by atoms with E-state index in [9.17, 15) is 9.59 Å². The number of urea groups is 1. The molecule has 2 aliphatic heterocycles. The highest BCUT2D eigenvalue weighted by Gasteiger charge is 2.51. The Bertz CT molecular complexity index is 345. The number of fused-ring (bicyclic) bond motifs is 2. The number of nitrogens with one attached hydrogen (secondary N) is 1. The van der Waals surface area contributed by atoms with Gasteiger partial charge in [0, 0.05) is 18.1 Å². The van der Waals surface area contributed by atoms with Crippen LogP contribution in [0, 0.1) is 5.92 Å². The predicted molar refractivity (Wildman–Crippen MR) is 67.3 cm³/mol. The Morgan fingerprint density at radius 1 is 1.44 bits per heavy atom. The molecule has 0 aromatic carbocycles. The van der Waals surface area contributed by atoms with Crippen LogP contribution in [0.5, 0.6) is 0 Å². The molecule has 0 aliphatic carbocycles. The smallest absolute Gasteiger partial charge is 0.318 e. The van der Waals surface area contributed by atoms with Crippen LogP contribution in [0.3, 0.4) is 0 Å². The van der Waals surface area contributed by atoms with E-state index in [1.807, 2.05) is 6.92 Å². The zero-order valence-electron chi connectivity index (χ0n) is 11.1. The van der Waals surface area contributed by atoms with E-state index >= 15 is 0 Å². The summed E-state index contributed by atoms with van der Waals surface area (Å²) >= 11 is 0. The van der Waals surface area contributed by atoms with Crippen LogP contribution in [0.2, 0.25) is 0 Å². The molecule has 4 unspecified atom stereocenters. The molecule has 2 saturated heterocycles. The third-order valence-electron chi connectivity index (χ3n) is 4.18. The molecule has 102 valence electrons. The van der Waals surface area contributed by atoms with Crippen LogP contribution >= 0.6 is 0 Å². The first-order valence-electron chi connectivity index (χ1n) is 6.86. The topological polar surface area (TPSA) is 69.6 Å². The monoisotopic (exact) mass is 254 g/mol. The minimum absolute atomic E-state index is 0.0767. The Balaban J connectivity index is 1.97. The largest absolute Gasteiger partial charge is 0.481 e. The van der Waals surface area contributed by atoms with Gasteiger partial charge in [0.05, 0.1) is 5.92 Å². The molecular formula is C13H22N2O3. The molecule has 2 bridgehead atoms. The number of hydrogen-bond donors (Lipinski definition) is 2. The standard InChI is InChI=1S/C13H22N2O3/c1-3-4-8(2)14-13(18)15-9-5-6-11(15)10(7-9)12(16)17/h8-11H,3-7H2,1-2H3,(H,14,18)(H,16,17). The minimum atomic E-state index is -0.762. The van der Waals surface area contributed by atoms with Crippen molar-refractivity contribution in [3.05, 3.63) is 0 Å². The SMILES string of the molecule is CCCC(C)NC(=O)N1C2CCC1C(C(=O)O)C2. The molecule has 18 heavy (non-hydrogen) atoms. The molecular weight excluding hydrogens is 232 g/mol. The van der Waals surface area contributed by atoms with Crippen molar-refractivity contribution in [3.8, 4) is 0 Å². The summed E-state index contributed by atoms with van der Waals surface area (Å²) in [6.07, 6.45) is 4.39. The summed E-state index contributed by atoms with van der Waals surface area (Å²) in [4.78, 5) is 25.1. The highest BCUT2D eigenvalue weighted by Crippen LogP contribution is 2.41. The van der Waals surface area contributed by atoms with Crippen LogP contribution < -0.4 is 5.32 Å². The van der Waals surface area contributed by atoms with E-state index in [2.05, 4.69) is 12.2 Å². The molecule has 4 atom stereocenters. The summed E-state index contributed by atoms with van der Waals surface area (Å²) in [6, 6.07) is 0.115. The van der Waals surface area contributed by atoms with E-state index in [0.717, 1.165) is 25.7 Å². The van der Waals surface area contributed by atoms with E-state index in [1.165, 1.54) is 0 Å². The van der Waals surface area contributed by atoms with E-state index in [-0.39, 0.29) is 30.1 Å². The van der Waals surface area contributed by atoms with Crippen LogP contribution in [-0.4, -0.2) is 40.1 Å². The second-order valence-corrected chi connectivity index (χ2v) is 5.53. The van der Waals surface area contributed by atoms with Crippen molar-refractivity contribution in [3.63, 3.8) is 0 Å². The van der Waals surface area contributed by atoms with Crippen molar-refractivity contribution in [2.45, 2.75) is 64.1 Å². The summed E-state index contributed by atoms with van der Waals surface area (Å²) in [5.74, 6) is -1.13. The number of carboxylic acid groups (broad SMARTS) is 1. The number of carbonyl (C=O) groups excluding carboxylic acids is 1. The Morgan fingerprint density at radius 2 is 2.17 bits per heavy atom. The van der Waals surface area contributed by atoms with Gasteiger partial charge < -0.3 is 15.3 Å². The lowest BCUT2D eigenvalue weighted by Gasteiger charge is -2.25. The molecule has 2 heterocycles. The van der Waals surface area contributed by atoms with Gasteiger partial charge in [-0.3, -0.25) is 4.79 Å². The zero-order valence-corrected chi connectivity index (χ0v) is 11.1. The Morgan fingerprint density at radius 3 is 2.72 bits per heavy atom. The lowest BCUT2D eigenvalue weighted by atomic mass is 9.89. The van der Waals surface area contributed by atoms with Crippen molar-refractivity contribution in [1.82, 2.24) is 10.2 Å². The molecule has 0 radical (unpaired) electrons. The van der Waals surface area contributed by atoms with Gasteiger partial charge in [-0.25, -0.2) is 4.79 Å². The van der Waals surface area contributed by atoms with Crippen LogP contribution in [0.15, 0.2) is 0 Å². The summed E-state index contributed by atoms with van der Waals surface area (Å²) in [7, 11) is 0. The molecule has 2 fully saturated rings. The Labute approximate surface area is 108 Å². The molecule has 2 rings (SSSR count). The Kier molecular flexibility index (Phi) is 3.78. The van der Waals surface area contributed by atoms with Crippen LogP contribution in [0.4, 0.5) is 4.79 Å². The van der Waals surface area contributed by atoms with E-state index in [1.54, 1.807) is 4.90 Å². The number of rotatable bonds is 4. The van der Waals surface area contributed by atoms with Crippen molar-refractivity contribution in [1.29, 1.82) is 0 Å². The van der Waals surface area contributed by atoms with E-state index in [0.29, 0.717) is 6.42 Å². The number of nitrogens with zero attached hydrogens (tertiary/aromatic N) is 1. The molecule has 5 heteroatoms. The van der Waals surface area contributed by atoms with Gasteiger partial charge in [-0.05, 0) is 32.6 Å². The van der Waals surface area contributed by atoms with Gasteiger partial charge in [0.1, 0.15) is 0 Å². The van der Waals surface area contributed by atoms with Gasteiger partial charge in [-0.15, -0.1) is 0 Å². The van der Waals surface area contributed by atoms with Crippen molar-refractivity contribution in [2.75, 3.05) is 0 Å². The molecule has 0 aromatic rings. The van der Waals surface area contributed by atoms with Crippen LogP contribution in [0.1, 0.15) is 46.0 Å². The molecule has 5 nitrogen and oxygen atoms in total. The first-order valence-corrected chi connectivity index (χ1v) is 6.86. The fraction of sp³-hybridized carbons (Fsp3) is 0.846. The molecule has 0 saturated carbocycles. The zero-order chi connectivity index (χ0) is 13.3. The van der Waals surface area contributed by atoms with Crippen LogP contribution in [0.25, 0.3) is 0 Å². The van der Waals surface area contributed by atoms with E-state index < -0.39 is 5.97 Å². The maximum Gasteiger partial charge on any atom is 0.318 e. The lowest BCUT2D eigenvalue weighted by molar-refractivity contribution is -0.142. The predicted octanol–water partition coefficient (Wildman–Crippen LogP) is 1.82. The number of amides is 2. The summed E-state index contributed by atoms with van der Waals surface area (Å²) in [5, 5.41) is 12.1. The van der Waals surface area contributed by atoms with Gasteiger partial charge in [-0.2, -0.15) is 0 Å². The lowest BCUT2D eigenvalue weighted by Crippen LogP contribution is -2.47. The number of aliphatic carboxylic acids is 1. The summed E-state index contributed by atoms with van der Waals surface area (Å²) in [5.41, 5.74) is 0. The second-order valence-electron chi connectivity index (χ2n) is 5.53. The highest BCUT2D eigenvalue weighted by molar-refractivity contribution is 5.79. The molecule has 0 spiro atoms. The molecule has 2 aliphatic rings. The normalized spacial score (nSPS) is 31.4. The third-order valence-corrected chi connectivity index (χ3v) is 4.18. The third kappa shape index (κ3) is 2.31. The summed E-state index contributed by atoms with van der Waals surface area (Å²) in [6.45, 7) is 4.08. The maximum atomic E-state index is 12.2. The van der Waals surface area contributed by atoms with Gasteiger partial charge in [0.25, 0.3) is 0 Å². The first-order chi connectivity index (χ1) is 8.54. The van der Waals surface area contributed by atoms with E-state index in [4.69, 9.17) is 5.11 Å². The fourth-order valence-corrected chi connectivity index (χ4v) is 3.36. The average Bonchev–Trinajstić information content (AvgIpc) is 2.85. The molecule has 2 amide bonds. The highest BCUT2D eigenvalue weighted by atomic mass is 16.4. The van der Waals surface area contributed by atoms with Crippen molar-refractivity contribution < 1.29 is 14.7 Å². The average molecular weight is 254 g/mol. The molecule has 2 N–H and O–H groups in total. The molecule has 0 aromatic heterocycles. The second kappa shape index (κ2) is 5.16. The number of carbonyl (C=O) groups is 2. The fourth-order valence-electron chi connectivity index (χ4n) is 3.36. The maximum absolute atomic E-state index is 12.2. The van der Waals surface area contributed by atoms with Crippen molar-refractivity contribution >= 4 is 12.0 Å². The summed E-state index contributed by atoms with van der Waals surface area (Å²) < 4.78 is 0. The quantitative estimate of drug-likeness (QED) is 0.804. The minimum Gasteiger partial charge on any atom is -0.481 e. The first kappa shape index (κ1) is 13.2. The van der Waals surface area contributed by atoms with Gasteiger partial charge in [0.15, 0.2) is 0 Å². The van der Waals surface area contributed by atoms with Crippen LogP contribution in [-0.2, 0) is 4.79 Å². The number of hydrogen-bond acceptors (Lipinski definition) is 2. The number of carboxylic acids is 1. The Hall–Kier alpha value is -1.26. The van der Waals surface area contributed by atoms with Crippen molar-refractivity contribution in [2.24, 2.45) is 5.92 Å². The van der Waals surface area contributed by atoms with Gasteiger partial charge in [0.2, 0.25) is 0 Å². The van der Waals surface area contributed by atoms with Gasteiger partial charge >= 0.3 is 12.0 Å².